The number of carboxylic acid groups (broad SMARTS) is 1. The van der Waals surface area contributed by atoms with E-state index >= 15 is 0 Å². The number of carbonyl (C=O) groups excluding carboxylic acids is 1. The Kier molecular flexibility index (Phi) is 14.3. The molecule has 4 aliphatic heterocycles. The number of fused-ring (bicyclic) bond motifs is 10. The molecule has 0 amide bonds. The SMILES string of the molecule is CCOC(=O)c1nc2ccccc2n(C2C[C@H]3CC[C@@H](C2)N3C2CC3CCCC(C3)C2)c1=O.O=C(O)c1nc2ccccc2n(C2C[C@H]3CC[C@@H](C2)N3C2CC3CCCC(C3)C2)c1=O.[Na+].[OH-]. The normalized spacial score (nSPS) is 33.5. The van der Waals surface area contributed by atoms with E-state index in [0.717, 1.165) is 66.4 Å². The molecule has 348 valence electrons. The van der Waals surface area contributed by atoms with Crippen molar-refractivity contribution in [1.82, 2.24) is 28.9 Å². The van der Waals surface area contributed by atoms with E-state index in [0.29, 0.717) is 41.2 Å². The Morgan fingerprint density at radius 2 is 0.924 bits per heavy atom. The minimum Gasteiger partial charge on any atom is -0.870 e. The van der Waals surface area contributed by atoms with Crippen LogP contribution in [0.3, 0.4) is 0 Å². The second kappa shape index (κ2) is 19.9. The van der Waals surface area contributed by atoms with Crippen molar-refractivity contribution < 1.29 is 54.5 Å². The van der Waals surface area contributed by atoms with E-state index in [1.165, 1.54) is 103 Å². The van der Waals surface area contributed by atoms with Crippen LogP contribution in [-0.4, -0.2) is 94.3 Å². The first-order valence-electron chi connectivity index (χ1n) is 25.2. The van der Waals surface area contributed by atoms with Crippen LogP contribution in [0.2, 0.25) is 0 Å². The number of hydrogen-bond donors (Lipinski definition) is 1. The average Bonchev–Trinajstić information content (AvgIpc) is 3.72. The summed E-state index contributed by atoms with van der Waals surface area (Å²) in [4.78, 5) is 65.2. The van der Waals surface area contributed by atoms with Crippen LogP contribution in [0.1, 0.15) is 168 Å². The van der Waals surface area contributed by atoms with Gasteiger partial charge in [-0.1, -0.05) is 62.8 Å². The predicted molar refractivity (Wildman–Crippen MR) is 248 cm³/mol. The number of hydrogen-bond acceptors (Lipinski definition) is 10. The summed E-state index contributed by atoms with van der Waals surface area (Å²) in [5.74, 6) is 1.84. The number of esters is 1. The monoisotopic (exact) mass is 910 g/mol. The van der Waals surface area contributed by atoms with Gasteiger partial charge in [-0.25, -0.2) is 19.6 Å². The van der Waals surface area contributed by atoms with Crippen molar-refractivity contribution >= 4 is 34.0 Å². The van der Waals surface area contributed by atoms with Gasteiger partial charge in [-0.3, -0.25) is 19.4 Å². The van der Waals surface area contributed by atoms with Crippen LogP contribution < -0.4 is 40.7 Å². The number of rotatable bonds is 7. The van der Waals surface area contributed by atoms with Crippen molar-refractivity contribution in [1.29, 1.82) is 0 Å². The van der Waals surface area contributed by atoms with Crippen LogP contribution >= 0.6 is 0 Å². The van der Waals surface area contributed by atoms with Crippen LogP contribution in [0.25, 0.3) is 22.1 Å². The molecule has 4 aromatic rings. The topological polar surface area (TPSA) is 170 Å². The number of aromatic nitrogens is 4. The van der Waals surface area contributed by atoms with Gasteiger partial charge in [0.1, 0.15) is 0 Å². The Bertz CT molecular complexity index is 2500. The summed E-state index contributed by atoms with van der Waals surface area (Å²) in [7, 11) is 0. The van der Waals surface area contributed by atoms with Crippen molar-refractivity contribution in [2.45, 2.75) is 184 Å². The van der Waals surface area contributed by atoms with Gasteiger partial charge in [0.25, 0.3) is 11.1 Å². The van der Waals surface area contributed by atoms with E-state index in [-0.39, 0.29) is 70.7 Å². The number of ether oxygens (including phenoxy) is 1. The quantitative estimate of drug-likeness (QED) is 0.177. The van der Waals surface area contributed by atoms with Crippen LogP contribution in [-0.2, 0) is 4.74 Å². The van der Waals surface area contributed by atoms with E-state index in [4.69, 9.17) is 4.74 Å². The van der Waals surface area contributed by atoms with Gasteiger partial charge in [-0.15, -0.1) is 0 Å². The molecular weight excluding hydrogens is 844 g/mol. The first-order chi connectivity index (χ1) is 31.2. The average molecular weight is 911 g/mol. The summed E-state index contributed by atoms with van der Waals surface area (Å²) in [6, 6.07) is 18.9. The van der Waals surface area contributed by atoms with Gasteiger partial charge in [-0.2, -0.15) is 0 Å². The van der Waals surface area contributed by atoms with Crippen LogP contribution in [0.15, 0.2) is 58.1 Å². The largest absolute Gasteiger partial charge is 1.00 e. The Hall–Kier alpha value is -3.46. The van der Waals surface area contributed by atoms with Crippen molar-refractivity contribution in [2.75, 3.05) is 6.61 Å². The van der Waals surface area contributed by atoms with Crippen molar-refractivity contribution in [3.63, 3.8) is 0 Å². The molecule has 6 heterocycles. The third-order valence-electron chi connectivity index (χ3n) is 17.6. The van der Waals surface area contributed by atoms with E-state index in [1.54, 1.807) is 11.5 Å². The Morgan fingerprint density at radius 3 is 1.32 bits per heavy atom. The molecule has 8 bridgehead atoms. The number of carbonyl (C=O) groups is 2. The fraction of sp³-hybridized carbons (Fsp3) is 0.654. The predicted octanol–water partition coefficient (Wildman–Crippen LogP) is 5.77. The molecule has 8 fully saturated rings. The van der Waals surface area contributed by atoms with Gasteiger partial charge < -0.3 is 24.5 Å². The maximum Gasteiger partial charge on any atom is 1.00 e. The summed E-state index contributed by atoms with van der Waals surface area (Å²) in [5, 5.41) is 9.57. The number of piperidine rings is 2. The number of carboxylic acids is 1. The maximum atomic E-state index is 13.5. The zero-order chi connectivity index (χ0) is 43.6. The van der Waals surface area contributed by atoms with Crippen molar-refractivity contribution in [3.05, 3.63) is 80.6 Å². The number of para-hydroxylation sites is 4. The molecule has 2 N–H and O–H groups in total. The third kappa shape index (κ3) is 8.87. The maximum absolute atomic E-state index is 13.5. The zero-order valence-electron chi connectivity index (χ0n) is 39.0. The first kappa shape index (κ1) is 47.6. The first-order valence-corrected chi connectivity index (χ1v) is 25.2. The zero-order valence-corrected chi connectivity index (χ0v) is 41.0. The van der Waals surface area contributed by atoms with Gasteiger partial charge in [0, 0.05) is 48.3 Å². The summed E-state index contributed by atoms with van der Waals surface area (Å²) < 4.78 is 8.81. The van der Waals surface area contributed by atoms with Crippen LogP contribution in [0.4, 0.5) is 0 Å². The van der Waals surface area contributed by atoms with Crippen molar-refractivity contribution in [2.24, 2.45) is 23.7 Å². The fourth-order valence-electron chi connectivity index (χ4n) is 15.4. The molecule has 4 saturated carbocycles. The van der Waals surface area contributed by atoms with Gasteiger partial charge >= 0.3 is 41.5 Å². The molecule has 8 aliphatic rings. The number of benzene rings is 2. The van der Waals surface area contributed by atoms with Gasteiger partial charge in [0.05, 0.1) is 28.7 Å². The second-order valence-corrected chi connectivity index (χ2v) is 21.2. The Morgan fingerprint density at radius 1 is 0.545 bits per heavy atom. The molecule has 6 unspecified atom stereocenters. The number of aromatic carboxylic acids is 1. The molecule has 0 radical (unpaired) electrons. The van der Waals surface area contributed by atoms with Crippen LogP contribution in [0, 0.1) is 23.7 Å². The number of nitrogens with zero attached hydrogens (tertiary/aromatic N) is 6. The molecule has 14 heteroatoms. The molecular formula is C52H67N6NaO7. The standard InChI is InChI=1S/C27H35N3O3.C25H31N3O3.Na.H2O/c1-2-33-27(32)25-26(31)30(24-9-4-3-8-23(24)28-25)22-15-19-10-11-20(16-22)29(19)21-13-17-6-5-7-18(12-17)14-21;29-24-23(25(30)31)26-21-6-1-2-7-22(21)28(24)20-13-17-8-9-18(14-20)27(17)19-11-15-4-3-5-16(10-15)12-19;;/h3-4,8-9,17-22H,2,5-7,10-16H2,1H3;1-2,6-7,15-20H,3-5,8-14H2,(H,30,31);;1H2/q;;+1;/p-1/t17?,18?,19-,20+,21?,22?;15?,16?,17-,18+,19?,20?;;. The summed E-state index contributed by atoms with van der Waals surface area (Å²) >= 11 is 0. The molecule has 0 spiro atoms. The minimum atomic E-state index is -1.24. The van der Waals surface area contributed by atoms with Crippen LogP contribution in [0.5, 0.6) is 0 Å². The minimum absolute atomic E-state index is 0. The third-order valence-corrected chi connectivity index (χ3v) is 17.6. The fourth-order valence-corrected chi connectivity index (χ4v) is 15.4. The summed E-state index contributed by atoms with van der Waals surface area (Å²) in [6.07, 6.45) is 25.6. The van der Waals surface area contributed by atoms with E-state index < -0.39 is 17.5 Å². The second-order valence-electron chi connectivity index (χ2n) is 21.2. The molecule has 4 aliphatic carbocycles. The molecule has 2 aromatic heterocycles. The van der Waals surface area contributed by atoms with Crippen molar-refractivity contribution in [3.8, 4) is 0 Å². The summed E-state index contributed by atoms with van der Waals surface area (Å²) in [5.41, 5.74) is 1.71. The smallest absolute Gasteiger partial charge is 0.870 e. The Labute approximate surface area is 409 Å². The van der Waals surface area contributed by atoms with E-state index in [1.807, 2.05) is 53.1 Å². The van der Waals surface area contributed by atoms with E-state index in [2.05, 4.69) is 19.8 Å². The molecule has 12 rings (SSSR count). The molecule has 2 aromatic carbocycles. The Balaban J connectivity index is 0.000000161. The van der Waals surface area contributed by atoms with Gasteiger partial charge in [0.15, 0.2) is 0 Å². The summed E-state index contributed by atoms with van der Waals surface area (Å²) in [6.45, 7) is 1.99. The molecule has 66 heavy (non-hydrogen) atoms. The molecule has 10 atom stereocenters. The van der Waals surface area contributed by atoms with Gasteiger partial charge in [0.2, 0.25) is 11.4 Å². The van der Waals surface area contributed by atoms with E-state index in [9.17, 15) is 24.3 Å². The van der Waals surface area contributed by atoms with Gasteiger partial charge in [-0.05, 0) is 145 Å². The molecule has 13 nitrogen and oxygen atoms in total. The molecule has 4 saturated heterocycles.